The minimum atomic E-state index is 0.160. The largest absolute Gasteiger partial charge is 0.467 e. The lowest BCUT2D eigenvalue weighted by molar-refractivity contribution is -0.138. The van der Waals surface area contributed by atoms with Crippen molar-refractivity contribution in [1.82, 2.24) is 9.88 Å². The van der Waals surface area contributed by atoms with Crippen LogP contribution < -0.4 is 0 Å². The summed E-state index contributed by atoms with van der Waals surface area (Å²) >= 11 is 0. The second-order valence-corrected chi connectivity index (χ2v) is 5.93. The second-order valence-electron chi connectivity index (χ2n) is 5.93. The van der Waals surface area contributed by atoms with Gasteiger partial charge in [-0.15, -0.1) is 0 Å². The van der Waals surface area contributed by atoms with Gasteiger partial charge in [-0.1, -0.05) is 25.3 Å². The fourth-order valence-corrected chi connectivity index (χ4v) is 3.10. The lowest BCUT2D eigenvalue weighted by atomic mass is 9.88. The van der Waals surface area contributed by atoms with Gasteiger partial charge >= 0.3 is 0 Å². The van der Waals surface area contributed by atoms with Crippen LogP contribution in [0.3, 0.4) is 0 Å². The van der Waals surface area contributed by atoms with Gasteiger partial charge in [-0.25, -0.2) is 0 Å². The van der Waals surface area contributed by atoms with Crippen LogP contribution in [0.2, 0.25) is 0 Å². The van der Waals surface area contributed by atoms with Crippen molar-refractivity contribution in [1.29, 1.82) is 0 Å². The molecule has 4 nitrogen and oxygen atoms in total. The topological polar surface area (TPSA) is 46.3 Å². The highest BCUT2D eigenvalue weighted by atomic mass is 16.3. The quantitative estimate of drug-likeness (QED) is 0.844. The van der Waals surface area contributed by atoms with Gasteiger partial charge < -0.3 is 9.32 Å². The Morgan fingerprint density at radius 1 is 1.14 bits per heavy atom. The van der Waals surface area contributed by atoms with Crippen molar-refractivity contribution in [2.75, 3.05) is 0 Å². The second kappa shape index (κ2) is 7.25. The van der Waals surface area contributed by atoms with E-state index >= 15 is 0 Å². The molecule has 0 aliphatic heterocycles. The van der Waals surface area contributed by atoms with E-state index in [2.05, 4.69) is 4.98 Å². The number of amides is 1. The third kappa shape index (κ3) is 3.75. The number of nitrogens with zero attached hydrogens (tertiary/aromatic N) is 2. The van der Waals surface area contributed by atoms with Gasteiger partial charge in [-0.2, -0.15) is 0 Å². The van der Waals surface area contributed by atoms with Crippen LogP contribution in [0.15, 0.2) is 47.2 Å². The van der Waals surface area contributed by atoms with E-state index in [1.807, 2.05) is 35.2 Å². The Morgan fingerprint density at radius 3 is 2.68 bits per heavy atom. The van der Waals surface area contributed by atoms with Crippen LogP contribution in [-0.4, -0.2) is 15.8 Å². The first-order chi connectivity index (χ1) is 10.8. The Morgan fingerprint density at radius 2 is 2.00 bits per heavy atom. The molecule has 3 rings (SSSR count). The van der Waals surface area contributed by atoms with Crippen molar-refractivity contribution in [3.63, 3.8) is 0 Å². The fraction of sp³-hybridized carbons (Fsp3) is 0.444. The van der Waals surface area contributed by atoms with E-state index in [0.717, 1.165) is 37.1 Å². The maximum atomic E-state index is 12.9. The van der Waals surface area contributed by atoms with Gasteiger partial charge in [0.05, 0.1) is 25.0 Å². The highest BCUT2D eigenvalue weighted by Gasteiger charge is 2.26. The van der Waals surface area contributed by atoms with Gasteiger partial charge in [0.15, 0.2) is 0 Å². The molecule has 0 atom stereocenters. The molecule has 4 heteroatoms. The molecule has 0 bridgehead atoms. The van der Waals surface area contributed by atoms with Gasteiger partial charge in [0.25, 0.3) is 0 Å². The van der Waals surface area contributed by atoms with E-state index < -0.39 is 0 Å². The number of hydrogen-bond donors (Lipinski definition) is 0. The van der Waals surface area contributed by atoms with Gasteiger partial charge in [0.2, 0.25) is 5.91 Å². The van der Waals surface area contributed by atoms with Crippen LogP contribution in [0.5, 0.6) is 0 Å². The van der Waals surface area contributed by atoms with Gasteiger partial charge in [0, 0.05) is 12.1 Å². The van der Waals surface area contributed by atoms with Crippen LogP contribution >= 0.6 is 0 Å². The Bertz CT molecular complexity index is 574. The molecule has 1 saturated carbocycles. The van der Waals surface area contributed by atoms with Crippen molar-refractivity contribution in [3.8, 4) is 0 Å². The highest BCUT2D eigenvalue weighted by molar-refractivity contribution is 5.78. The van der Waals surface area contributed by atoms with E-state index in [-0.39, 0.29) is 11.8 Å². The molecule has 0 aromatic carbocycles. The monoisotopic (exact) mass is 298 g/mol. The SMILES string of the molecule is O=C(C1CCCCC1)N(Cc1ccccn1)Cc1ccco1. The zero-order valence-electron chi connectivity index (χ0n) is 12.8. The van der Waals surface area contributed by atoms with Crippen molar-refractivity contribution in [2.45, 2.75) is 45.2 Å². The molecule has 1 aliphatic carbocycles. The number of rotatable bonds is 5. The minimum Gasteiger partial charge on any atom is -0.467 e. The molecule has 1 aliphatic rings. The van der Waals surface area contributed by atoms with Crippen LogP contribution in [0, 0.1) is 5.92 Å². The molecule has 0 unspecified atom stereocenters. The number of hydrogen-bond acceptors (Lipinski definition) is 3. The predicted molar refractivity (Wildman–Crippen MR) is 83.8 cm³/mol. The molecular weight excluding hydrogens is 276 g/mol. The molecule has 0 radical (unpaired) electrons. The first-order valence-electron chi connectivity index (χ1n) is 8.04. The molecule has 2 aromatic rings. The number of pyridine rings is 1. The molecule has 0 N–H and O–H groups in total. The maximum absolute atomic E-state index is 12.9. The summed E-state index contributed by atoms with van der Waals surface area (Å²) in [6.45, 7) is 1.05. The Kier molecular flexibility index (Phi) is 4.88. The number of carbonyl (C=O) groups excluding carboxylic acids is 1. The van der Waals surface area contributed by atoms with Crippen molar-refractivity contribution < 1.29 is 9.21 Å². The third-order valence-electron chi connectivity index (χ3n) is 4.27. The van der Waals surface area contributed by atoms with E-state index in [0.29, 0.717) is 13.1 Å². The molecule has 0 saturated heterocycles. The van der Waals surface area contributed by atoms with Gasteiger partial charge in [-0.05, 0) is 37.1 Å². The average Bonchev–Trinajstić information content (AvgIpc) is 3.08. The number of carbonyl (C=O) groups is 1. The molecule has 1 amide bonds. The predicted octanol–water partition coefficient (Wildman–Crippen LogP) is 3.78. The van der Waals surface area contributed by atoms with E-state index in [9.17, 15) is 4.79 Å². The standard InChI is InChI=1S/C18H22N2O2/c21-18(15-7-2-1-3-8-15)20(14-17-10-6-12-22-17)13-16-9-4-5-11-19-16/h4-6,9-12,15H,1-3,7-8,13-14H2. The van der Waals surface area contributed by atoms with Crippen molar-refractivity contribution >= 4 is 5.91 Å². The lowest BCUT2D eigenvalue weighted by Gasteiger charge is -2.28. The van der Waals surface area contributed by atoms with Crippen LogP contribution in [-0.2, 0) is 17.9 Å². The highest BCUT2D eigenvalue weighted by Crippen LogP contribution is 2.26. The first-order valence-corrected chi connectivity index (χ1v) is 8.04. The molecular formula is C18H22N2O2. The molecule has 1 fully saturated rings. The summed E-state index contributed by atoms with van der Waals surface area (Å²) in [4.78, 5) is 19.1. The van der Waals surface area contributed by atoms with Gasteiger partial charge in [-0.3, -0.25) is 9.78 Å². The summed E-state index contributed by atoms with van der Waals surface area (Å²) in [5.74, 6) is 1.22. The summed E-state index contributed by atoms with van der Waals surface area (Å²) in [6.07, 6.45) is 9.02. The average molecular weight is 298 g/mol. The third-order valence-corrected chi connectivity index (χ3v) is 4.27. The van der Waals surface area contributed by atoms with Crippen molar-refractivity contribution in [3.05, 3.63) is 54.2 Å². The fourth-order valence-electron chi connectivity index (χ4n) is 3.10. The Labute approximate surface area is 131 Å². The maximum Gasteiger partial charge on any atom is 0.226 e. The van der Waals surface area contributed by atoms with Crippen molar-refractivity contribution in [2.24, 2.45) is 5.92 Å². The van der Waals surface area contributed by atoms with E-state index in [4.69, 9.17) is 4.42 Å². The van der Waals surface area contributed by atoms with Gasteiger partial charge in [0.1, 0.15) is 5.76 Å². The minimum absolute atomic E-state index is 0.160. The Hall–Kier alpha value is -2.10. The molecule has 116 valence electrons. The smallest absolute Gasteiger partial charge is 0.226 e. The molecule has 0 spiro atoms. The molecule has 2 heterocycles. The lowest BCUT2D eigenvalue weighted by Crippen LogP contribution is -2.36. The summed E-state index contributed by atoms with van der Waals surface area (Å²) in [7, 11) is 0. The van der Waals surface area contributed by atoms with Crippen LogP contribution in [0.4, 0.5) is 0 Å². The normalized spacial score (nSPS) is 15.6. The number of aromatic nitrogens is 1. The van der Waals surface area contributed by atoms with E-state index in [1.165, 1.54) is 6.42 Å². The Balaban J connectivity index is 1.74. The van der Waals surface area contributed by atoms with Crippen LogP contribution in [0.1, 0.15) is 43.6 Å². The number of furan rings is 1. The van der Waals surface area contributed by atoms with Crippen LogP contribution in [0.25, 0.3) is 0 Å². The molecule has 2 aromatic heterocycles. The zero-order valence-corrected chi connectivity index (χ0v) is 12.8. The summed E-state index contributed by atoms with van der Waals surface area (Å²) in [5.41, 5.74) is 0.915. The molecule has 22 heavy (non-hydrogen) atoms. The summed E-state index contributed by atoms with van der Waals surface area (Å²) in [6, 6.07) is 9.59. The van der Waals surface area contributed by atoms with E-state index in [1.54, 1.807) is 12.5 Å². The summed E-state index contributed by atoms with van der Waals surface area (Å²) in [5, 5.41) is 0. The summed E-state index contributed by atoms with van der Waals surface area (Å²) < 4.78 is 5.42. The zero-order chi connectivity index (χ0) is 15.2. The first kappa shape index (κ1) is 14.8.